The quantitative estimate of drug-likeness (QED) is 0.673. The molecule has 0 aromatic carbocycles. The van der Waals surface area contributed by atoms with Crippen LogP contribution in [0.2, 0.25) is 0 Å². The molecule has 130 valence electrons. The van der Waals surface area contributed by atoms with Crippen molar-refractivity contribution in [3.63, 3.8) is 0 Å². The van der Waals surface area contributed by atoms with Crippen LogP contribution in [0, 0.1) is 5.92 Å². The second-order valence-corrected chi connectivity index (χ2v) is 6.98. The van der Waals surface area contributed by atoms with Crippen LogP contribution in [0.1, 0.15) is 66.2 Å². The maximum atomic E-state index is 12.1. The predicted molar refractivity (Wildman–Crippen MR) is 92.0 cm³/mol. The number of likely N-dealkylation sites (tertiary alicyclic amines) is 1. The monoisotopic (exact) mass is 312 g/mol. The van der Waals surface area contributed by atoms with E-state index in [9.17, 15) is 4.79 Å². The van der Waals surface area contributed by atoms with Gasteiger partial charge in [-0.1, -0.05) is 33.6 Å². The number of amides is 1. The van der Waals surface area contributed by atoms with Crippen molar-refractivity contribution in [1.29, 1.82) is 0 Å². The molecule has 0 aromatic heterocycles. The summed E-state index contributed by atoms with van der Waals surface area (Å²) >= 11 is 0. The first-order valence-corrected chi connectivity index (χ1v) is 9.18. The van der Waals surface area contributed by atoms with Gasteiger partial charge in [-0.05, 0) is 51.6 Å². The molecule has 0 radical (unpaired) electrons. The Morgan fingerprint density at radius 3 is 2.77 bits per heavy atom. The van der Waals surface area contributed by atoms with Gasteiger partial charge in [0.05, 0.1) is 0 Å². The summed E-state index contributed by atoms with van der Waals surface area (Å²) in [7, 11) is 0. The highest BCUT2D eigenvalue weighted by molar-refractivity contribution is 5.80. The molecule has 4 heteroatoms. The molecule has 2 unspecified atom stereocenters. The van der Waals surface area contributed by atoms with Crippen LogP contribution in [-0.4, -0.2) is 49.2 Å². The lowest BCUT2D eigenvalue weighted by Crippen LogP contribution is -2.48. The summed E-state index contributed by atoms with van der Waals surface area (Å²) < 4.78 is 5.62. The average molecular weight is 312 g/mol. The molecule has 1 saturated heterocycles. The molecule has 1 rings (SSSR count). The first-order valence-electron chi connectivity index (χ1n) is 9.18. The Balaban J connectivity index is 2.28. The largest absolute Gasteiger partial charge is 0.369 e. The second-order valence-electron chi connectivity index (χ2n) is 6.98. The molecule has 1 fully saturated rings. The topological polar surface area (TPSA) is 41.6 Å². The minimum Gasteiger partial charge on any atom is -0.369 e. The van der Waals surface area contributed by atoms with Crippen LogP contribution in [0.5, 0.6) is 0 Å². The number of carbonyl (C=O) groups excluding carboxylic acids is 1. The maximum Gasteiger partial charge on any atom is 0.248 e. The number of nitrogens with zero attached hydrogens (tertiary/aromatic N) is 1. The third kappa shape index (κ3) is 7.59. The van der Waals surface area contributed by atoms with Crippen LogP contribution in [0.4, 0.5) is 0 Å². The Morgan fingerprint density at radius 2 is 2.09 bits per heavy atom. The van der Waals surface area contributed by atoms with Crippen molar-refractivity contribution < 1.29 is 9.53 Å². The molecule has 0 bridgehead atoms. The zero-order chi connectivity index (χ0) is 16.4. The summed E-state index contributed by atoms with van der Waals surface area (Å²) in [5.41, 5.74) is 0. The van der Waals surface area contributed by atoms with E-state index >= 15 is 0 Å². The Labute approximate surface area is 137 Å². The van der Waals surface area contributed by atoms with E-state index in [1.54, 1.807) is 0 Å². The van der Waals surface area contributed by atoms with Crippen molar-refractivity contribution in [1.82, 2.24) is 10.2 Å². The normalized spacial score (nSPS) is 21.0. The highest BCUT2D eigenvalue weighted by atomic mass is 16.5. The van der Waals surface area contributed by atoms with Gasteiger partial charge in [0.1, 0.15) is 6.10 Å². The molecule has 1 aliphatic rings. The van der Waals surface area contributed by atoms with Crippen molar-refractivity contribution in [2.75, 3.05) is 26.2 Å². The van der Waals surface area contributed by atoms with Crippen molar-refractivity contribution >= 4 is 5.91 Å². The first-order chi connectivity index (χ1) is 10.5. The number of unbranched alkanes of at least 4 members (excludes halogenated alkanes) is 1. The number of rotatable bonds is 10. The van der Waals surface area contributed by atoms with Crippen molar-refractivity contribution in [2.45, 2.75) is 78.4 Å². The van der Waals surface area contributed by atoms with Gasteiger partial charge in [0.2, 0.25) is 5.91 Å². The van der Waals surface area contributed by atoms with Crippen LogP contribution in [-0.2, 0) is 9.53 Å². The Hall–Kier alpha value is -0.610. The van der Waals surface area contributed by atoms with Gasteiger partial charge in [0.25, 0.3) is 0 Å². The molecule has 1 amide bonds. The average Bonchev–Trinajstić information content (AvgIpc) is 2.50. The van der Waals surface area contributed by atoms with Crippen LogP contribution in [0.25, 0.3) is 0 Å². The molecule has 0 aliphatic carbocycles. The van der Waals surface area contributed by atoms with Gasteiger partial charge < -0.3 is 10.1 Å². The fourth-order valence-corrected chi connectivity index (χ4v) is 2.87. The van der Waals surface area contributed by atoms with Crippen molar-refractivity contribution in [2.24, 2.45) is 5.92 Å². The van der Waals surface area contributed by atoms with Gasteiger partial charge >= 0.3 is 0 Å². The van der Waals surface area contributed by atoms with Gasteiger partial charge in [-0.2, -0.15) is 0 Å². The van der Waals surface area contributed by atoms with Gasteiger partial charge in [0, 0.05) is 19.2 Å². The second kappa shape index (κ2) is 11.0. The summed E-state index contributed by atoms with van der Waals surface area (Å²) in [4.78, 5) is 14.7. The van der Waals surface area contributed by atoms with Crippen LogP contribution in [0.3, 0.4) is 0 Å². The van der Waals surface area contributed by atoms with Gasteiger partial charge in [-0.15, -0.1) is 0 Å². The minimum absolute atomic E-state index is 0.0322. The number of hydrogen-bond acceptors (Lipinski definition) is 3. The van der Waals surface area contributed by atoms with E-state index in [0.29, 0.717) is 18.6 Å². The molecule has 1 heterocycles. The van der Waals surface area contributed by atoms with E-state index in [4.69, 9.17) is 4.74 Å². The SMILES string of the molecule is CCCCN1CCCCC1CNC(=O)C(C)OCCC(C)C. The van der Waals surface area contributed by atoms with Crippen molar-refractivity contribution in [3.05, 3.63) is 0 Å². The third-order valence-corrected chi connectivity index (χ3v) is 4.49. The number of nitrogens with one attached hydrogen (secondary N) is 1. The van der Waals surface area contributed by atoms with Crippen LogP contribution >= 0.6 is 0 Å². The molecule has 1 aliphatic heterocycles. The standard InChI is InChI=1S/C18H36N2O2/c1-5-6-11-20-12-8-7-9-17(20)14-19-18(21)16(4)22-13-10-15(2)3/h15-17H,5-14H2,1-4H3,(H,19,21). The number of hydrogen-bond donors (Lipinski definition) is 1. The van der Waals surface area contributed by atoms with E-state index in [-0.39, 0.29) is 12.0 Å². The zero-order valence-electron chi connectivity index (χ0n) is 15.1. The molecule has 0 spiro atoms. The van der Waals surface area contributed by atoms with Gasteiger partial charge in [0.15, 0.2) is 0 Å². The molecule has 2 atom stereocenters. The summed E-state index contributed by atoms with van der Waals surface area (Å²) in [6, 6.07) is 0.507. The number of piperidine rings is 1. The number of carbonyl (C=O) groups is 1. The Bertz CT molecular complexity index is 307. The summed E-state index contributed by atoms with van der Waals surface area (Å²) in [5, 5.41) is 3.09. The lowest BCUT2D eigenvalue weighted by atomic mass is 10.0. The molecule has 22 heavy (non-hydrogen) atoms. The lowest BCUT2D eigenvalue weighted by Gasteiger charge is -2.36. The molecular weight excluding hydrogens is 276 g/mol. The maximum absolute atomic E-state index is 12.1. The molecular formula is C18H36N2O2. The molecule has 0 saturated carbocycles. The van der Waals surface area contributed by atoms with E-state index in [0.717, 1.165) is 19.5 Å². The fraction of sp³-hybridized carbons (Fsp3) is 0.944. The third-order valence-electron chi connectivity index (χ3n) is 4.49. The van der Waals surface area contributed by atoms with Crippen LogP contribution < -0.4 is 5.32 Å². The van der Waals surface area contributed by atoms with Crippen LogP contribution in [0.15, 0.2) is 0 Å². The fourth-order valence-electron chi connectivity index (χ4n) is 2.87. The first kappa shape index (κ1) is 19.4. The van der Waals surface area contributed by atoms with E-state index in [1.807, 2.05) is 6.92 Å². The lowest BCUT2D eigenvalue weighted by molar-refractivity contribution is -0.132. The Kier molecular flexibility index (Phi) is 9.73. The molecule has 1 N–H and O–H groups in total. The molecule has 0 aromatic rings. The summed E-state index contributed by atoms with van der Waals surface area (Å²) in [6.07, 6.45) is 6.92. The summed E-state index contributed by atoms with van der Waals surface area (Å²) in [6.45, 7) is 12.2. The molecule has 4 nitrogen and oxygen atoms in total. The Morgan fingerprint density at radius 1 is 1.32 bits per heavy atom. The van der Waals surface area contributed by atoms with E-state index < -0.39 is 0 Å². The van der Waals surface area contributed by atoms with E-state index in [2.05, 4.69) is 31.0 Å². The minimum atomic E-state index is -0.341. The highest BCUT2D eigenvalue weighted by Crippen LogP contribution is 2.17. The van der Waals surface area contributed by atoms with Gasteiger partial charge in [-0.3, -0.25) is 9.69 Å². The van der Waals surface area contributed by atoms with Gasteiger partial charge in [-0.25, -0.2) is 0 Å². The van der Waals surface area contributed by atoms with E-state index in [1.165, 1.54) is 38.6 Å². The van der Waals surface area contributed by atoms with Crippen molar-refractivity contribution in [3.8, 4) is 0 Å². The number of ether oxygens (including phenoxy) is 1. The zero-order valence-corrected chi connectivity index (χ0v) is 15.1. The predicted octanol–water partition coefficient (Wildman–Crippen LogP) is 3.21. The smallest absolute Gasteiger partial charge is 0.248 e. The summed E-state index contributed by atoms with van der Waals surface area (Å²) in [5.74, 6) is 0.648. The highest BCUT2D eigenvalue weighted by Gasteiger charge is 2.23.